The van der Waals surface area contributed by atoms with Crippen LogP contribution in [0.4, 0.5) is 5.69 Å². The normalized spacial score (nSPS) is 14.0. The van der Waals surface area contributed by atoms with Crippen LogP contribution in [0, 0.1) is 20.8 Å². The lowest BCUT2D eigenvalue weighted by Crippen LogP contribution is -2.38. The van der Waals surface area contributed by atoms with E-state index in [1.165, 1.54) is 5.56 Å². The van der Waals surface area contributed by atoms with Crippen molar-refractivity contribution >= 4 is 17.5 Å². The van der Waals surface area contributed by atoms with E-state index in [0.29, 0.717) is 30.4 Å². The predicted molar refractivity (Wildman–Crippen MR) is 143 cm³/mol. The maximum atomic E-state index is 12.8. The molecule has 0 saturated carbocycles. The van der Waals surface area contributed by atoms with Crippen molar-refractivity contribution < 1.29 is 14.1 Å². The number of anilines is 1. The van der Waals surface area contributed by atoms with E-state index in [-0.39, 0.29) is 17.7 Å². The zero-order valence-electron chi connectivity index (χ0n) is 21.3. The van der Waals surface area contributed by atoms with E-state index in [9.17, 15) is 9.59 Å². The van der Waals surface area contributed by atoms with Crippen LogP contribution in [0.2, 0.25) is 0 Å². The van der Waals surface area contributed by atoms with Gasteiger partial charge in [0.2, 0.25) is 11.7 Å². The Morgan fingerprint density at radius 1 is 0.865 bits per heavy atom. The van der Waals surface area contributed by atoms with Gasteiger partial charge < -0.3 is 14.7 Å². The number of hydrogen-bond donors (Lipinski definition) is 1. The Balaban J connectivity index is 1.19. The van der Waals surface area contributed by atoms with Crippen LogP contribution in [0.1, 0.15) is 62.1 Å². The lowest BCUT2D eigenvalue weighted by atomic mass is 9.96. The minimum atomic E-state index is -0.171. The molecule has 1 aliphatic rings. The van der Waals surface area contributed by atoms with Gasteiger partial charge in [0.25, 0.3) is 11.8 Å². The second kappa shape index (κ2) is 10.4. The van der Waals surface area contributed by atoms with Crippen molar-refractivity contribution in [1.82, 2.24) is 15.0 Å². The number of likely N-dealkylation sites (tertiary alicyclic amines) is 1. The molecule has 1 N–H and O–H groups in total. The van der Waals surface area contributed by atoms with Crippen LogP contribution in [0.5, 0.6) is 0 Å². The molecule has 188 valence electrons. The van der Waals surface area contributed by atoms with E-state index < -0.39 is 0 Å². The van der Waals surface area contributed by atoms with Crippen molar-refractivity contribution in [3.63, 3.8) is 0 Å². The maximum absolute atomic E-state index is 12.8. The Morgan fingerprint density at radius 3 is 2.22 bits per heavy atom. The first-order valence-corrected chi connectivity index (χ1v) is 12.6. The zero-order chi connectivity index (χ0) is 25.9. The van der Waals surface area contributed by atoms with Gasteiger partial charge in [-0.3, -0.25) is 9.59 Å². The molecule has 5 rings (SSSR count). The third-order valence-electron chi connectivity index (χ3n) is 7.04. The number of carbonyl (C=O) groups is 2. The predicted octanol–water partition coefficient (Wildman–Crippen LogP) is 5.93. The summed E-state index contributed by atoms with van der Waals surface area (Å²) in [4.78, 5) is 32.0. The summed E-state index contributed by atoms with van der Waals surface area (Å²) in [6, 6.07) is 20.7. The molecule has 1 aromatic heterocycles. The molecule has 0 radical (unpaired) electrons. The first kappa shape index (κ1) is 24.4. The number of benzene rings is 3. The molecule has 7 heteroatoms. The highest BCUT2D eigenvalue weighted by Crippen LogP contribution is 2.29. The minimum absolute atomic E-state index is 0.0614. The smallest absolute Gasteiger partial charge is 0.255 e. The van der Waals surface area contributed by atoms with Crippen LogP contribution in [0.3, 0.4) is 0 Å². The molecule has 3 aromatic carbocycles. The van der Waals surface area contributed by atoms with E-state index in [2.05, 4.69) is 15.5 Å². The van der Waals surface area contributed by atoms with Crippen molar-refractivity contribution in [2.75, 3.05) is 18.4 Å². The molecule has 1 saturated heterocycles. The molecule has 2 heterocycles. The Bertz CT molecular complexity index is 1420. The summed E-state index contributed by atoms with van der Waals surface area (Å²) < 4.78 is 5.59. The quantitative estimate of drug-likeness (QED) is 0.371. The van der Waals surface area contributed by atoms with Gasteiger partial charge in [0.15, 0.2) is 0 Å². The molecule has 0 aliphatic carbocycles. The highest BCUT2D eigenvalue weighted by Gasteiger charge is 2.28. The lowest BCUT2D eigenvalue weighted by Gasteiger charge is -2.30. The van der Waals surface area contributed by atoms with Gasteiger partial charge in [0.05, 0.1) is 0 Å². The molecule has 0 spiro atoms. The third kappa shape index (κ3) is 5.45. The summed E-state index contributed by atoms with van der Waals surface area (Å²) in [5.41, 5.74) is 6.27. The third-order valence-corrected chi connectivity index (χ3v) is 7.04. The van der Waals surface area contributed by atoms with Crippen LogP contribution >= 0.6 is 0 Å². The van der Waals surface area contributed by atoms with E-state index in [1.807, 2.05) is 80.3 Å². The van der Waals surface area contributed by atoms with Gasteiger partial charge in [0.1, 0.15) is 0 Å². The fourth-order valence-electron chi connectivity index (χ4n) is 4.52. The first-order chi connectivity index (χ1) is 17.9. The van der Waals surface area contributed by atoms with Gasteiger partial charge in [-0.15, -0.1) is 0 Å². The number of carbonyl (C=O) groups excluding carboxylic acids is 2. The number of rotatable bonds is 5. The zero-order valence-corrected chi connectivity index (χ0v) is 21.3. The largest absolute Gasteiger partial charge is 0.339 e. The summed E-state index contributed by atoms with van der Waals surface area (Å²) in [7, 11) is 0. The first-order valence-electron chi connectivity index (χ1n) is 12.6. The van der Waals surface area contributed by atoms with Gasteiger partial charge in [-0.1, -0.05) is 41.1 Å². The molecule has 2 amide bonds. The topological polar surface area (TPSA) is 88.3 Å². The van der Waals surface area contributed by atoms with Crippen LogP contribution in [-0.4, -0.2) is 39.9 Å². The van der Waals surface area contributed by atoms with Gasteiger partial charge in [-0.2, -0.15) is 4.98 Å². The number of aromatic nitrogens is 2. The molecular weight excluding hydrogens is 464 g/mol. The Hall–Kier alpha value is -4.26. The second-order valence-electron chi connectivity index (χ2n) is 9.72. The molecule has 0 unspecified atom stereocenters. The van der Waals surface area contributed by atoms with E-state index >= 15 is 0 Å². The SMILES string of the molecule is Cc1ccc(C(=O)N2CCC(c3nc(-c4ccc(C(=O)Nc5ccc(C)c(C)c5)cc4)no3)CC2)cc1. The van der Waals surface area contributed by atoms with Gasteiger partial charge in [-0.05, 0) is 81.1 Å². The highest BCUT2D eigenvalue weighted by atomic mass is 16.5. The summed E-state index contributed by atoms with van der Waals surface area (Å²) >= 11 is 0. The standard InChI is InChI=1S/C30H30N4O3/c1-19-4-7-25(8-5-19)30(36)34-16-14-24(15-17-34)29-32-27(33-37-29)22-9-11-23(12-10-22)28(35)31-26-13-6-20(2)21(3)18-26/h4-13,18,24H,14-17H2,1-3H3,(H,31,35). The van der Waals surface area contributed by atoms with Crippen molar-refractivity contribution in [1.29, 1.82) is 0 Å². The highest BCUT2D eigenvalue weighted by molar-refractivity contribution is 6.04. The van der Waals surface area contributed by atoms with Gasteiger partial charge in [0, 0.05) is 41.4 Å². The van der Waals surface area contributed by atoms with Crippen molar-refractivity contribution in [3.8, 4) is 11.4 Å². The molecule has 37 heavy (non-hydrogen) atoms. The lowest BCUT2D eigenvalue weighted by molar-refractivity contribution is 0.0704. The van der Waals surface area contributed by atoms with Crippen molar-refractivity contribution in [2.24, 2.45) is 0 Å². The number of piperidine rings is 1. The molecule has 0 atom stereocenters. The molecular formula is C30H30N4O3. The number of hydrogen-bond acceptors (Lipinski definition) is 5. The second-order valence-corrected chi connectivity index (χ2v) is 9.72. The van der Waals surface area contributed by atoms with Gasteiger partial charge >= 0.3 is 0 Å². The molecule has 1 aliphatic heterocycles. The fourth-order valence-corrected chi connectivity index (χ4v) is 4.52. The Kier molecular flexibility index (Phi) is 6.86. The number of nitrogens with one attached hydrogen (secondary N) is 1. The molecule has 4 aromatic rings. The van der Waals surface area contributed by atoms with Crippen LogP contribution in [-0.2, 0) is 0 Å². The number of amides is 2. The molecule has 7 nitrogen and oxygen atoms in total. The Morgan fingerprint density at radius 2 is 1.54 bits per heavy atom. The number of aryl methyl sites for hydroxylation is 3. The molecule has 0 bridgehead atoms. The maximum Gasteiger partial charge on any atom is 0.255 e. The van der Waals surface area contributed by atoms with Crippen LogP contribution in [0.25, 0.3) is 11.4 Å². The fraction of sp³-hybridized carbons (Fsp3) is 0.267. The summed E-state index contributed by atoms with van der Waals surface area (Å²) in [5.74, 6) is 1.09. The van der Waals surface area contributed by atoms with E-state index in [0.717, 1.165) is 40.8 Å². The summed E-state index contributed by atoms with van der Waals surface area (Å²) in [6.07, 6.45) is 1.55. The van der Waals surface area contributed by atoms with Crippen LogP contribution < -0.4 is 5.32 Å². The monoisotopic (exact) mass is 494 g/mol. The molecule has 1 fully saturated rings. The Labute approximate surface area is 216 Å². The van der Waals surface area contributed by atoms with E-state index in [4.69, 9.17) is 4.52 Å². The summed E-state index contributed by atoms with van der Waals surface area (Å²) in [6.45, 7) is 7.38. The van der Waals surface area contributed by atoms with Crippen molar-refractivity contribution in [2.45, 2.75) is 39.5 Å². The summed E-state index contributed by atoms with van der Waals surface area (Å²) in [5, 5.41) is 7.10. The van der Waals surface area contributed by atoms with E-state index in [1.54, 1.807) is 12.1 Å². The van der Waals surface area contributed by atoms with Crippen LogP contribution in [0.15, 0.2) is 71.3 Å². The minimum Gasteiger partial charge on any atom is -0.339 e. The van der Waals surface area contributed by atoms with Crippen molar-refractivity contribution in [3.05, 3.63) is 100 Å². The van der Waals surface area contributed by atoms with Gasteiger partial charge in [-0.25, -0.2) is 0 Å². The number of nitrogens with zero attached hydrogens (tertiary/aromatic N) is 3. The average Bonchev–Trinajstić information content (AvgIpc) is 3.41. The average molecular weight is 495 g/mol.